The fraction of sp³-hybridized carbons (Fsp3) is 0.714. The monoisotopic (exact) mass is 297 g/mol. The molecule has 1 saturated heterocycles. The molecule has 1 atom stereocenters. The van der Waals surface area contributed by atoms with Crippen molar-refractivity contribution in [3.63, 3.8) is 0 Å². The first-order valence-corrected chi connectivity index (χ1v) is 8.16. The van der Waals surface area contributed by atoms with Gasteiger partial charge in [0, 0.05) is 25.0 Å². The van der Waals surface area contributed by atoms with Gasteiger partial charge in [0.15, 0.2) is 5.16 Å². The molecule has 5 nitrogen and oxygen atoms in total. The fourth-order valence-corrected chi connectivity index (χ4v) is 3.52. The average molecular weight is 297 g/mol. The highest BCUT2D eigenvalue weighted by atomic mass is 32.2. The van der Waals surface area contributed by atoms with E-state index in [1.807, 2.05) is 6.20 Å². The van der Waals surface area contributed by atoms with Gasteiger partial charge in [-0.15, -0.1) is 0 Å². The van der Waals surface area contributed by atoms with Crippen LogP contribution >= 0.6 is 11.8 Å². The molecule has 1 aliphatic heterocycles. The summed E-state index contributed by atoms with van der Waals surface area (Å²) in [6.45, 7) is 5.37. The Balaban J connectivity index is 2.07. The second kappa shape index (κ2) is 7.13. The lowest BCUT2D eigenvalue weighted by Crippen LogP contribution is -2.34. The minimum Gasteiger partial charge on any atom is -0.481 e. The molecule has 0 spiro atoms. The van der Waals surface area contributed by atoms with Crippen LogP contribution in [0.4, 0.5) is 0 Å². The number of thioether (sulfide) groups is 1. The number of hydrogen-bond donors (Lipinski definition) is 1. The second-order valence-electron chi connectivity index (χ2n) is 5.45. The van der Waals surface area contributed by atoms with E-state index >= 15 is 0 Å². The van der Waals surface area contributed by atoms with Crippen LogP contribution < -0.4 is 0 Å². The van der Waals surface area contributed by atoms with E-state index in [9.17, 15) is 4.79 Å². The number of rotatable bonds is 6. The normalized spacial score (nSPS) is 20.2. The highest BCUT2D eigenvalue weighted by Gasteiger charge is 2.20. The molecule has 0 radical (unpaired) electrons. The van der Waals surface area contributed by atoms with Crippen LogP contribution in [0.1, 0.15) is 25.5 Å². The smallest absolute Gasteiger partial charge is 0.313 e. The number of hydrogen-bond acceptors (Lipinski definition) is 4. The van der Waals surface area contributed by atoms with Crippen molar-refractivity contribution in [2.75, 3.05) is 25.9 Å². The van der Waals surface area contributed by atoms with Gasteiger partial charge in [-0.25, -0.2) is 4.98 Å². The van der Waals surface area contributed by atoms with Crippen molar-refractivity contribution in [2.24, 2.45) is 5.92 Å². The molecule has 1 aromatic rings. The van der Waals surface area contributed by atoms with E-state index in [4.69, 9.17) is 5.11 Å². The van der Waals surface area contributed by atoms with Crippen molar-refractivity contribution in [2.45, 2.75) is 37.9 Å². The van der Waals surface area contributed by atoms with Crippen LogP contribution in [0.5, 0.6) is 0 Å². The number of aliphatic carboxylic acids is 1. The minimum atomic E-state index is -0.792. The Kier molecular flexibility index (Phi) is 5.48. The van der Waals surface area contributed by atoms with Gasteiger partial charge >= 0.3 is 5.97 Å². The Labute approximate surface area is 124 Å². The summed E-state index contributed by atoms with van der Waals surface area (Å²) in [6.07, 6.45) is 5.31. The zero-order valence-corrected chi connectivity index (χ0v) is 13.0. The average Bonchev–Trinajstić information content (AvgIpc) is 2.78. The molecule has 0 saturated carbocycles. The van der Waals surface area contributed by atoms with Crippen LogP contribution in [0.3, 0.4) is 0 Å². The Morgan fingerprint density at radius 2 is 2.40 bits per heavy atom. The number of nitrogens with zero attached hydrogens (tertiary/aromatic N) is 3. The highest BCUT2D eigenvalue weighted by molar-refractivity contribution is 7.99. The maximum atomic E-state index is 10.7. The third kappa shape index (κ3) is 3.99. The summed E-state index contributed by atoms with van der Waals surface area (Å²) in [5.74, 6) is -0.0810. The lowest BCUT2D eigenvalue weighted by atomic mass is 9.98. The van der Waals surface area contributed by atoms with Gasteiger partial charge in [0.25, 0.3) is 0 Å². The topological polar surface area (TPSA) is 58.4 Å². The zero-order valence-electron chi connectivity index (χ0n) is 12.2. The molecule has 1 fully saturated rings. The summed E-state index contributed by atoms with van der Waals surface area (Å²) in [5.41, 5.74) is 1.20. The van der Waals surface area contributed by atoms with Crippen molar-refractivity contribution >= 4 is 17.7 Å². The summed E-state index contributed by atoms with van der Waals surface area (Å²) in [5, 5.41) is 9.67. The lowest BCUT2D eigenvalue weighted by Gasteiger charge is -2.30. The van der Waals surface area contributed by atoms with Gasteiger partial charge in [-0.2, -0.15) is 0 Å². The molecule has 2 heterocycles. The van der Waals surface area contributed by atoms with Gasteiger partial charge in [-0.05, 0) is 38.8 Å². The first-order valence-electron chi connectivity index (χ1n) is 7.17. The number of carboxylic acids is 1. The quantitative estimate of drug-likeness (QED) is 0.814. The van der Waals surface area contributed by atoms with Crippen molar-refractivity contribution < 1.29 is 9.90 Å². The third-order valence-electron chi connectivity index (χ3n) is 3.75. The molecule has 0 amide bonds. The summed E-state index contributed by atoms with van der Waals surface area (Å²) >= 11 is 1.32. The molecule has 1 aromatic heterocycles. The fourth-order valence-electron chi connectivity index (χ4n) is 2.79. The number of aromatic nitrogens is 2. The molecule has 0 bridgehead atoms. The van der Waals surface area contributed by atoms with Crippen molar-refractivity contribution in [3.05, 3.63) is 11.9 Å². The standard InChI is InChI=1S/C14H23N3O2S/c1-3-12-7-15-14(20-10-13(18)19)17(12)9-11-5-4-6-16(2)8-11/h7,11H,3-6,8-10H2,1-2H3,(H,18,19). The van der Waals surface area contributed by atoms with Crippen LogP contribution in [0.25, 0.3) is 0 Å². The molecule has 0 aliphatic carbocycles. The van der Waals surface area contributed by atoms with Crippen LogP contribution in [0, 0.1) is 5.92 Å². The molecular formula is C14H23N3O2S. The second-order valence-corrected chi connectivity index (χ2v) is 6.39. The van der Waals surface area contributed by atoms with Gasteiger partial charge in [-0.3, -0.25) is 4.79 Å². The zero-order chi connectivity index (χ0) is 14.5. The number of carboxylic acid groups (broad SMARTS) is 1. The molecule has 20 heavy (non-hydrogen) atoms. The largest absolute Gasteiger partial charge is 0.481 e. The van der Waals surface area contributed by atoms with Crippen LogP contribution in [0.15, 0.2) is 11.4 Å². The van der Waals surface area contributed by atoms with Crippen molar-refractivity contribution in [1.82, 2.24) is 14.5 Å². The predicted octanol–water partition coefficient (Wildman–Crippen LogP) is 1.96. The number of carbonyl (C=O) groups is 1. The molecule has 0 aromatic carbocycles. The maximum Gasteiger partial charge on any atom is 0.313 e. The number of imidazole rings is 1. The van der Waals surface area contributed by atoms with Crippen LogP contribution in [-0.2, 0) is 17.8 Å². The summed E-state index contributed by atoms with van der Waals surface area (Å²) in [7, 11) is 2.17. The molecule has 1 N–H and O–H groups in total. The van der Waals surface area contributed by atoms with E-state index in [1.54, 1.807) is 0 Å². The molecular weight excluding hydrogens is 274 g/mol. The maximum absolute atomic E-state index is 10.7. The number of aryl methyl sites for hydroxylation is 1. The van der Waals surface area contributed by atoms with E-state index in [1.165, 1.54) is 36.8 Å². The number of likely N-dealkylation sites (tertiary alicyclic amines) is 1. The molecule has 6 heteroatoms. The van der Waals surface area contributed by atoms with Crippen LogP contribution in [0.2, 0.25) is 0 Å². The van der Waals surface area contributed by atoms with Gasteiger partial charge in [0.05, 0.1) is 5.75 Å². The predicted molar refractivity (Wildman–Crippen MR) is 80.2 cm³/mol. The lowest BCUT2D eigenvalue weighted by molar-refractivity contribution is -0.133. The van der Waals surface area contributed by atoms with Gasteiger partial charge < -0.3 is 14.6 Å². The molecule has 2 rings (SSSR count). The van der Waals surface area contributed by atoms with Crippen molar-refractivity contribution in [1.29, 1.82) is 0 Å². The Morgan fingerprint density at radius 3 is 3.05 bits per heavy atom. The Hall–Kier alpha value is -1.01. The van der Waals surface area contributed by atoms with Gasteiger partial charge in [0.1, 0.15) is 0 Å². The Bertz CT molecular complexity index is 461. The summed E-state index contributed by atoms with van der Waals surface area (Å²) < 4.78 is 2.22. The molecule has 112 valence electrons. The SMILES string of the molecule is CCc1cnc(SCC(=O)O)n1CC1CCCN(C)C1. The first-order chi connectivity index (χ1) is 9.60. The van der Waals surface area contributed by atoms with E-state index in [0.29, 0.717) is 5.92 Å². The highest BCUT2D eigenvalue weighted by Crippen LogP contribution is 2.24. The van der Waals surface area contributed by atoms with E-state index in [2.05, 4.69) is 28.4 Å². The van der Waals surface area contributed by atoms with E-state index in [-0.39, 0.29) is 5.75 Å². The molecule has 1 unspecified atom stereocenters. The van der Waals surface area contributed by atoms with Gasteiger partial charge in [0.2, 0.25) is 0 Å². The van der Waals surface area contributed by atoms with Gasteiger partial charge in [-0.1, -0.05) is 18.7 Å². The Morgan fingerprint density at radius 1 is 1.60 bits per heavy atom. The summed E-state index contributed by atoms with van der Waals surface area (Å²) in [4.78, 5) is 17.5. The first kappa shape index (κ1) is 15.4. The summed E-state index contributed by atoms with van der Waals surface area (Å²) in [6, 6.07) is 0. The van der Waals surface area contributed by atoms with E-state index in [0.717, 1.165) is 24.7 Å². The third-order valence-corrected chi connectivity index (χ3v) is 4.73. The van der Waals surface area contributed by atoms with Crippen LogP contribution in [-0.4, -0.2) is 51.4 Å². The van der Waals surface area contributed by atoms with Crippen molar-refractivity contribution in [3.8, 4) is 0 Å². The minimum absolute atomic E-state index is 0.0741. The number of piperidine rings is 1. The molecule has 1 aliphatic rings. The van der Waals surface area contributed by atoms with E-state index < -0.39 is 5.97 Å².